The zero-order valence-corrected chi connectivity index (χ0v) is 11.4. The molecule has 0 atom stereocenters. The van der Waals surface area contributed by atoms with Gasteiger partial charge in [0, 0.05) is 23.9 Å². The Morgan fingerprint density at radius 2 is 2.00 bits per heavy atom. The Hall–Kier alpha value is -1.95. The summed E-state index contributed by atoms with van der Waals surface area (Å²) in [5.41, 5.74) is 1.17. The zero-order valence-electron chi connectivity index (χ0n) is 9.77. The SMILES string of the molecule is O=[N+]([O-])c1ccccc1CNc1ccc(Br)c(F)c1. The van der Waals surface area contributed by atoms with Gasteiger partial charge in [-0.3, -0.25) is 10.1 Å². The average molecular weight is 325 g/mol. The number of benzene rings is 2. The molecule has 2 rings (SSSR count). The lowest BCUT2D eigenvalue weighted by molar-refractivity contribution is -0.385. The molecule has 0 aliphatic carbocycles. The summed E-state index contributed by atoms with van der Waals surface area (Å²) in [5.74, 6) is -0.382. The van der Waals surface area contributed by atoms with Crippen molar-refractivity contribution in [2.75, 3.05) is 5.32 Å². The van der Waals surface area contributed by atoms with Gasteiger partial charge in [-0.25, -0.2) is 4.39 Å². The first kappa shape index (κ1) is 13.5. The third-order valence-electron chi connectivity index (χ3n) is 2.59. The topological polar surface area (TPSA) is 55.2 Å². The van der Waals surface area contributed by atoms with Crippen molar-refractivity contribution in [2.24, 2.45) is 0 Å². The van der Waals surface area contributed by atoms with Crippen LogP contribution in [0.15, 0.2) is 46.9 Å². The van der Waals surface area contributed by atoms with E-state index < -0.39 is 4.92 Å². The first-order valence-electron chi connectivity index (χ1n) is 5.49. The predicted molar refractivity (Wildman–Crippen MR) is 74.5 cm³/mol. The summed E-state index contributed by atoms with van der Waals surface area (Å²) in [6, 6.07) is 11.1. The summed E-state index contributed by atoms with van der Waals surface area (Å²) in [7, 11) is 0. The van der Waals surface area contributed by atoms with E-state index in [2.05, 4.69) is 21.2 Å². The fraction of sp³-hybridized carbons (Fsp3) is 0.0769. The van der Waals surface area contributed by atoms with E-state index in [0.29, 0.717) is 15.7 Å². The monoisotopic (exact) mass is 324 g/mol. The number of nitro benzene ring substituents is 1. The molecule has 0 radical (unpaired) electrons. The summed E-state index contributed by atoms with van der Waals surface area (Å²) < 4.78 is 13.7. The second kappa shape index (κ2) is 5.79. The van der Waals surface area contributed by atoms with Crippen LogP contribution in [0, 0.1) is 15.9 Å². The van der Waals surface area contributed by atoms with Crippen LogP contribution in [0.3, 0.4) is 0 Å². The van der Waals surface area contributed by atoms with Gasteiger partial charge in [0.05, 0.1) is 9.40 Å². The van der Waals surface area contributed by atoms with E-state index in [4.69, 9.17) is 0 Å². The number of nitrogens with one attached hydrogen (secondary N) is 1. The Balaban J connectivity index is 2.14. The van der Waals surface area contributed by atoms with E-state index in [1.165, 1.54) is 12.1 Å². The summed E-state index contributed by atoms with van der Waals surface area (Å²) in [6.45, 7) is 0.262. The maximum atomic E-state index is 13.3. The van der Waals surface area contributed by atoms with Gasteiger partial charge < -0.3 is 5.32 Å². The molecule has 19 heavy (non-hydrogen) atoms. The maximum absolute atomic E-state index is 13.3. The maximum Gasteiger partial charge on any atom is 0.274 e. The summed E-state index contributed by atoms with van der Waals surface area (Å²) >= 11 is 3.06. The highest BCUT2D eigenvalue weighted by Crippen LogP contribution is 2.22. The third kappa shape index (κ3) is 3.29. The normalized spacial score (nSPS) is 10.2. The van der Waals surface area contributed by atoms with Gasteiger partial charge in [-0.2, -0.15) is 0 Å². The summed E-state index contributed by atoms with van der Waals surface area (Å²) in [5, 5.41) is 13.8. The van der Waals surface area contributed by atoms with Crippen LogP contribution < -0.4 is 5.32 Å². The highest BCUT2D eigenvalue weighted by atomic mass is 79.9. The van der Waals surface area contributed by atoms with E-state index in [9.17, 15) is 14.5 Å². The van der Waals surface area contributed by atoms with Gasteiger partial charge in [0.1, 0.15) is 5.82 Å². The van der Waals surface area contributed by atoms with Crippen LogP contribution in [0.4, 0.5) is 15.8 Å². The van der Waals surface area contributed by atoms with Gasteiger partial charge >= 0.3 is 0 Å². The number of rotatable bonds is 4. The number of halogens is 2. The molecule has 0 heterocycles. The molecular formula is C13H10BrFN2O2. The van der Waals surface area contributed by atoms with Gasteiger partial charge in [0.2, 0.25) is 0 Å². The van der Waals surface area contributed by atoms with E-state index in [1.54, 1.807) is 30.3 Å². The molecule has 0 amide bonds. The fourth-order valence-corrected chi connectivity index (χ4v) is 1.89. The minimum absolute atomic E-state index is 0.0487. The quantitative estimate of drug-likeness (QED) is 0.680. The van der Waals surface area contributed by atoms with Crippen molar-refractivity contribution in [2.45, 2.75) is 6.54 Å². The van der Waals surface area contributed by atoms with Crippen molar-refractivity contribution >= 4 is 27.3 Å². The minimum atomic E-state index is -0.431. The van der Waals surface area contributed by atoms with Crippen molar-refractivity contribution in [1.29, 1.82) is 0 Å². The zero-order chi connectivity index (χ0) is 13.8. The van der Waals surface area contributed by atoms with Crippen LogP contribution in [-0.4, -0.2) is 4.92 Å². The standard InChI is InChI=1S/C13H10BrFN2O2/c14-11-6-5-10(7-12(11)15)16-8-9-3-1-2-4-13(9)17(18)19/h1-7,16H,8H2. The molecular weight excluding hydrogens is 315 g/mol. The largest absolute Gasteiger partial charge is 0.381 e. The van der Waals surface area contributed by atoms with Crippen molar-refractivity contribution in [1.82, 2.24) is 0 Å². The predicted octanol–water partition coefficient (Wildman–Crippen LogP) is 4.11. The van der Waals surface area contributed by atoms with Gasteiger partial charge in [-0.05, 0) is 34.1 Å². The Kier molecular flexibility index (Phi) is 4.11. The number of para-hydroxylation sites is 1. The van der Waals surface area contributed by atoms with Crippen LogP contribution in [0.5, 0.6) is 0 Å². The molecule has 2 aromatic rings. The molecule has 1 N–H and O–H groups in total. The Labute approximate surface area is 117 Å². The molecule has 0 aromatic heterocycles. The third-order valence-corrected chi connectivity index (χ3v) is 3.23. The van der Waals surface area contributed by atoms with Crippen LogP contribution in [0.2, 0.25) is 0 Å². The molecule has 0 aliphatic rings. The molecule has 4 nitrogen and oxygen atoms in total. The number of hydrogen-bond donors (Lipinski definition) is 1. The number of nitro groups is 1. The second-order valence-corrected chi connectivity index (χ2v) is 4.72. The first-order valence-corrected chi connectivity index (χ1v) is 6.28. The van der Waals surface area contributed by atoms with Gasteiger partial charge in [-0.15, -0.1) is 0 Å². The van der Waals surface area contributed by atoms with Crippen molar-refractivity contribution in [3.63, 3.8) is 0 Å². The van der Waals surface area contributed by atoms with E-state index >= 15 is 0 Å². The molecule has 6 heteroatoms. The van der Waals surface area contributed by atoms with E-state index in [1.807, 2.05) is 0 Å². The molecule has 98 valence electrons. The van der Waals surface area contributed by atoms with Crippen LogP contribution in [-0.2, 0) is 6.54 Å². The average Bonchev–Trinajstić information content (AvgIpc) is 2.40. The molecule has 0 aliphatic heterocycles. The molecule has 0 saturated heterocycles. The number of hydrogen-bond acceptors (Lipinski definition) is 3. The second-order valence-electron chi connectivity index (χ2n) is 3.87. The Morgan fingerprint density at radius 3 is 2.68 bits per heavy atom. The van der Waals surface area contributed by atoms with Crippen molar-refractivity contribution in [3.05, 3.63) is 68.4 Å². The lowest BCUT2D eigenvalue weighted by atomic mass is 10.2. The van der Waals surface area contributed by atoms with Crippen LogP contribution in [0.1, 0.15) is 5.56 Å². The highest BCUT2D eigenvalue weighted by Gasteiger charge is 2.11. The molecule has 0 unspecified atom stereocenters. The number of nitrogens with zero attached hydrogens (tertiary/aromatic N) is 1. The fourth-order valence-electron chi connectivity index (χ4n) is 1.64. The van der Waals surface area contributed by atoms with E-state index in [0.717, 1.165) is 0 Å². The van der Waals surface area contributed by atoms with Crippen LogP contribution in [0.25, 0.3) is 0 Å². The highest BCUT2D eigenvalue weighted by molar-refractivity contribution is 9.10. The molecule has 0 fully saturated rings. The van der Waals surface area contributed by atoms with Crippen molar-refractivity contribution in [3.8, 4) is 0 Å². The minimum Gasteiger partial charge on any atom is -0.381 e. The van der Waals surface area contributed by atoms with E-state index in [-0.39, 0.29) is 18.0 Å². The van der Waals surface area contributed by atoms with Gasteiger partial charge in [0.25, 0.3) is 5.69 Å². The molecule has 0 bridgehead atoms. The molecule has 2 aromatic carbocycles. The van der Waals surface area contributed by atoms with Gasteiger partial charge in [-0.1, -0.05) is 18.2 Å². The number of anilines is 1. The smallest absolute Gasteiger partial charge is 0.274 e. The lowest BCUT2D eigenvalue weighted by Crippen LogP contribution is -2.03. The van der Waals surface area contributed by atoms with Gasteiger partial charge in [0.15, 0.2) is 0 Å². The molecule has 0 spiro atoms. The Bertz CT molecular complexity index is 619. The summed E-state index contributed by atoms with van der Waals surface area (Å²) in [4.78, 5) is 10.4. The first-order chi connectivity index (χ1) is 9.08. The molecule has 0 saturated carbocycles. The Morgan fingerprint density at radius 1 is 1.26 bits per heavy atom. The lowest BCUT2D eigenvalue weighted by Gasteiger charge is -2.07. The van der Waals surface area contributed by atoms with Crippen LogP contribution >= 0.6 is 15.9 Å². The summed E-state index contributed by atoms with van der Waals surface area (Å²) in [6.07, 6.45) is 0. The van der Waals surface area contributed by atoms with Crippen molar-refractivity contribution < 1.29 is 9.31 Å².